The Labute approximate surface area is 86.6 Å². The van der Waals surface area contributed by atoms with Crippen molar-refractivity contribution in [2.24, 2.45) is 0 Å². The first-order chi connectivity index (χ1) is 6.86. The summed E-state index contributed by atoms with van der Waals surface area (Å²) in [5, 5.41) is 8.64. The van der Waals surface area contributed by atoms with Gasteiger partial charge in [0, 0.05) is 5.56 Å². The Kier molecular flexibility index (Phi) is 13.0. The van der Waals surface area contributed by atoms with Crippen LogP contribution in [0.15, 0.2) is 24.3 Å². The van der Waals surface area contributed by atoms with Gasteiger partial charge in [-0.3, -0.25) is 4.79 Å². The normalized spacial score (nSPS) is 7.50. The van der Waals surface area contributed by atoms with Gasteiger partial charge in [-0.1, -0.05) is 45.9 Å². The molecule has 0 amide bonds. The fourth-order valence-electron chi connectivity index (χ4n) is 0.765. The van der Waals surface area contributed by atoms with Crippen LogP contribution in [0.1, 0.15) is 43.6 Å². The maximum atomic E-state index is 10.2. The molecular formula is C12H20O2. The summed E-state index contributed by atoms with van der Waals surface area (Å²) < 4.78 is 0. The molecule has 0 aromatic heterocycles. The Morgan fingerprint density at radius 2 is 1.79 bits per heavy atom. The van der Waals surface area contributed by atoms with Gasteiger partial charge in [-0.15, -0.1) is 0 Å². The van der Waals surface area contributed by atoms with E-state index in [4.69, 9.17) is 5.11 Å². The maximum Gasteiger partial charge on any atom is 0.150 e. The average Bonchev–Trinajstić information content (AvgIpc) is 2.34. The Hall–Kier alpha value is -1.15. The van der Waals surface area contributed by atoms with Crippen LogP contribution in [0.5, 0.6) is 0 Å². The number of hydrogen-bond donors (Lipinski definition) is 1. The molecule has 0 atom stereocenters. The van der Waals surface area contributed by atoms with Gasteiger partial charge in [0.25, 0.3) is 0 Å². The molecule has 2 nitrogen and oxygen atoms in total. The lowest BCUT2D eigenvalue weighted by Gasteiger charge is -1.94. The quantitative estimate of drug-likeness (QED) is 0.738. The van der Waals surface area contributed by atoms with Crippen LogP contribution in [0.25, 0.3) is 0 Å². The Morgan fingerprint density at radius 1 is 1.21 bits per heavy atom. The van der Waals surface area contributed by atoms with E-state index < -0.39 is 0 Å². The molecule has 0 aliphatic rings. The minimum atomic E-state index is -0.0122. The van der Waals surface area contributed by atoms with Crippen LogP contribution >= 0.6 is 0 Å². The predicted molar refractivity (Wildman–Crippen MR) is 60.4 cm³/mol. The molecule has 0 saturated heterocycles. The fraction of sp³-hybridized carbons (Fsp3) is 0.417. The third-order valence-corrected chi connectivity index (χ3v) is 1.27. The lowest BCUT2D eigenvalue weighted by Crippen LogP contribution is -1.84. The van der Waals surface area contributed by atoms with E-state index in [2.05, 4.69) is 0 Å². The number of hydrogen-bond acceptors (Lipinski definition) is 2. The second-order valence-electron chi connectivity index (χ2n) is 2.02. The van der Waals surface area contributed by atoms with Crippen LogP contribution in [0.2, 0.25) is 0 Å². The molecule has 0 aliphatic carbocycles. The van der Waals surface area contributed by atoms with Crippen molar-refractivity contribution in [1.82, 2.24) is 0 Å². The van der Waals surface area contributed by atoms with Crippen molar-refractivity contribution in [2.45, 2.75) is 34.3 Å². The van der Waals surface area contributed by atoms with Crippen molar-refractivity contribution in [2.75, 3.05) is 0 Å². The lowest BCUT2D eigenvalue weighted by atomic mass is 10.1. The lowest BCUT2D eigenvalue weighted by molar-refractivity contribution is 0.112. The average molecular weight is 196 g/mol. The Balaban J connectivity index is 0. The first-order valence-corrected chi connectivity index (χ1v) is 5.02. The van der Waals surface area contributed by atoms with E-state index in [1.165, 1.54) is 0 Å². The van der Waals surface area contributed by atoms with Crippen molar-refractivity contribution >= 4 is 6.29 Å². The third-order valence-electron chi connectivity index (χ3n) is 1.27. The van der Waals surface area contributed by atoms with Crippen LogP contribution < -0.4 is 0 Å². The number of aldehydes is 1. The van der Waals surface area contributed by atoms with Gasteiger partial charge >= 0.3 is 0 Å². The molecular weight excluding hydrogens is 176 g/mol. The zero-order valence-corrected chi connectivity index (χ0v) is 9.45. The summed E-state index contributed by atoms with van der Waals surface area (Å²) in [4.78, 5) is 10.2. The van der Waals surface area contributed by atoms with Crippen LogP contribution in [-0.4, -0.2) is 11.4 Å². The zero-order valence-electron chi connectivity index (χ0n) is 9.45. The summed E-state index contributed by atoms with van der Waals surface area (Å²) in [6.45, 7) is 7.99. The predicted octanol–water partition coefficient (Wildman–Crippen LogP) is 3.04. The number of carbonyl (C=O) groups excluding carboxylic acids is 1. The van der Waals surface area contributed by atoms with E-state index in [1.807, 2.05) is 27.7 Å². The van der Waals surface area contributed by atoms with Crippen molar-refractivity contribution < 1.29 is 9.90 Å². The highest BCUT2D eigenvalue weighted by Crippen LogP contribution is 2.01. The highest BCUT2D eigenvalue weighted by molar-refractivity contribution is 5.74. The molecule has 2 heteroatoms. The highest BCUT2D eigenvalue weighted by atomic mass is 16.3. The standard InChI is InChI=1S/C8H8O2.2C2H6/c9-5-7-2-1-3-8(4-7)6-10;2*1-2/h1-5,10H,6H2;2*1-2H3. The van der Waals surface area contributed by atoms with Crippen LogP contribution in [0, 0.1) is 0 Å². The van der Waals surface area contributed by atoms with Crippen molar-refractivity contribution in [1.29, 1.82) is 0 Å². The highest BCUT2D eigenvalue weighted by Gasteiger charge is 1.90. The SMILES string of the molecule is CC.CC.O=Cc1cccc(CO)c1. The van der Waals surface area contributed by atoms with Gasteiger partial charge in [-0.05, 0) is 11.6 Å². The largest absolute Gasteiger partial charge is 0.392 e. The number of aliphatic hydroxyl groups excluding tert-OH is 1. The van der Waals surface area contributed by atoms with Gasteiger partial charge in [-0.2, -0.15) is 0 Å². The van der Waals surface area contributed by atoms with E-state index in [0.717, 1.165) is 11.8 Å². The summed E-state index contributed by atoms with van der Waals surface area (Å²) in [7, 11) is 0. The van der Waals surface area contributed by atoms with Crippen LogP contribution in [0.4, 0.5) is 0 Å². The molecule has 1 aromatic rings. The van der Waals surface area contributed by atoms with Crippen LogP contribution in [0.3, 0.4) is 0 Å². The van der Waals surface area contributed by atoms with Crippen molar-refractivity contribution in [3.05, 3.63) is 35.4 Å². The smallest absolute Gasteiger partial charge is 0.150 e. The number of benzene rings is 1. The molecule has 1 rings (SSSR count). The van der Waals surface area contributed by atoms with E-state index in [9.17, 15) is 4.79 Å². The number of rotatable bonds is 2. The van der Waals surface area contributed by atoms with Gasteiger partial charge < -0.3 is 5.11 Å². The van der Waals surface area contributed by atoms with E-state index in [-0.39, 0.29) is 6.61 Å². The molecule has 1 N–H and O–H groups in total. The molecule has 0 aliphatic heterocycles. The molecule has 0 bridgehead atoms. The molecule has 1 aromatic carbocycles. The second kappa shape index (κ2) is 11.8. The Morgan fingerprint density at radius 3 is 2.21 bits per heavy atom. The van der Waals surface area contributed by atoms with Gasteiger partial charge in [0.2, 0.25) is 0 Å². The topological polar surface area (TPSA) is 37.3 Å². The first-order valence-electron chi connectivity index (χ1n) is 5.02. The summed E-state index contributed by atoms with van der Waals surface area (Å²) in [5.41, 5.74) is 1.37. The molecule has 0 fully saturated rings. The minimum Gasteiger partial charge on any atom is -0.392 e. The first kappa shape index (κ1) is 15.3. The van der Waals surface area contributed by atoms with E-state index in [0.29, 0.717) is 5.56 Å². The van der Waals surface area contributed by atoms with Crippen LogP contribution in [-0.2, 0) is 6.61 Å². The monoisotopic (exact) mass is 196 g/mol. The molecule has 0 unspecified atom stereocenters. The zero-order chi connectivity index (χ0) is 11.4. The van der Waals surface area contributed by atoms with Gasteiger partial charge in [0.05, 0.1) is 6.61 Å². The summed E-state index contributed by atoms with van der Waals surface area (Å²) in [6.07, 6.45) is 0.763. The van der Waals surface area contributed by atoms with Gasteiger partial charge in [0.1, 0.15) is 6.29 Å². The number of aliphatic hydroxyl groups is 1. The van der Waals surface area contributed by atoms with Gasteiger partial charge in [0.15, 0.2) is 0 Å². The molecule has 0 heterocycles. The van der Waals surface area contributed by atoms with Crippen molar-refractivity contribution in [3.8, 4) is 0 Å². The molecule has 0 saturated carbocycles. The Bertz CT molecular complexity index is 232. The second-order valence-corrected chi connectivity index (χ2v) is 2.02. The molecule has 14 heavy (non-hydrogen) atoms. The third kappa shape index (κ3) is 6.38. The summed E-state index contributed by atoms with van der Waals surface area (Å²) in [5.74, 6) is 0. The number of carbonyl (C=O) groups is 1. The summed E-state index contributed by atoms with van der Waals surface area (Å²) in [6, 6.07) is 6.88. The van der Waals surface area contributed by atoms with E-state index in [1.54, 1.807) is 24.3 Å². The maximum absolute atomic E-state index is 10.2. The molecule has 0 radical (unpaired) electrons. The fourth-order valence-corrected chi connectivity index (χ4v) is 0.765. The van der Waals surface area contributed by atoms with Crippen molar-refractivity contribution in [3.63, 3.8) is 0 Å². The van der Waals surface area contributed by atoms with Gasteiger partial charge in [-0.25, -0.2) is 0 Å². The molecule has 80 valence electrons. The summed E-state index contributed by atoms with van der Waals surface area (Å²) >= 11 is 0. The van der Waals surface area contributed by atoms with E-state index >= 15 is 0 Å². The molecule has 0 spiro atoms. The minimum absolute atomic E-state index is 0.0122.